The van der Waals surface area contributed by atoms with E-state index in [1.54, 1.807) is 7.11 Å². The van der Waals surface area contributed by atoms with Gasteiger partial charge in [-0.05, 0) is 49.2 Å². The lowest BCUT2D eigenvalue weighted by Gasteiger charge is -2.26. The molecule has 0 fully saturated rings. The molecule has 0 saturated heterocycles. The molecule has 2 aromatic rings. The molecule has 0 bridgehead atoms. The van der Waals surface area contributed by atoms with Gasteiger partial charge in [-0.15, -0.1) is 0 Å². The van der Waals surface area contributed by atoms with Crippen LogP contribution < -0.4 is 9.47 Å². The molecule has 0 unspecified atom stereocenters. The lowest BCUT2D eigenvalue weighted by atomic mass is 10.2. The van der Waals surface area contributed by atoms with Gasteiger partial charge in [0.1, 0.15) is 35.7 Å². The highest BCUT2D eigenvalue weighted by atomic mass is 16.5. The Balaban J connectivity index is 1.85. The number of ether oxygens (including phenoxy) is 2. The lowest BCUT2D eigenvalue weighted by Crippen LogP contribution is -2.37. The molecule has 1 atom stereocenters. The van der Waals surface area contributed by atoms with E-state index in [4.69, 9.17) is 13.9 Å². The topological polar surface area (TPSA) is 55.1 Å². The summed E-state index contributed by atoms with van der Waals surface area (Å²) in [6.45, 7) is 8.63. The monoisotopic (exact) mass is 347 g/mol. The summed E-state index contributed by atoms with van der Waals surface area (Å²) in [6, 6.07) is 11.3. The molecule has 1 aromatic carbocycles. The van der Waals surface area contributed by atoms with Crippen LogP contribution in [0.3, 0.4) is 0 Å². The number of benzene rings is 1. The zero-order valence-electron chi connectivity index (χ0n) is 15.6. The lowest BCUT2D eigenvalue weighted by molar-refractivity contribution is 0.0590. The SMILES string of the molecule is COc1ccc(OC[C@@H](O)CN(Cc2ccc(C)o2)CC(C)C)cc1. The van der Waals surface area contributed by atoms with Crippen LogP contribution in [0.15, 0.2) is 40.8 Å². The van der Waals surface area contributed by atoms with Crippen LogP contribution in [0.5, 0.6) is 11.5 Å². The van der Waals surface area contributed by atoms with Gasteiger partial charge in [-0.2, -0.15) is 0 Å². The van der Waals surface area contributed by atoms with Crippen LogP contribution in [-0.2, 0) is 6.54 Å². The summed E-state index contributed by atoms with van der Waals surface area (Å²) in [5, 5.41) is 10.4. The summed E-state index contributed by atoms with van der Waals surface area (Å²) in [4.78, 5) is 2.20. The van der Waals surface area contributed by atoms with Crippen LogP contribution in [0.4, 0.5) is 0 Å². The molecule has 0 aliphatic heterocycles. The molecule has 0 amide bonds. The number of aliphatic hydroxyl groups is 1. The fourth-order valence-corrected chi connectivity index (χ4v) is 2.73. The molecule has 0 aliphatic rings. The molecule has 1 heterocycles. The third kappa shape index (κ3) is 6.80. The summed E-state index contributed by atoms with van der Waals surface area (Å²) in [5.74, 6) is 3.83. The number of methoxy groups -OCH3 is 1. The Morgan fingerprint density at radius 1 is 1.04 bits per heavy atom. The van der Waals surface area contributed by atoms with Crippen molar-refractivity contribution < 1.29 is 19.0 Å². The normalized spacial score (nSPS) is 12.6. The fraction of sp³-hybridized carbons (Fsp3) is 0.500. The zero-order chi connectivity index (χ0) is 18.2. The van der Waals surface area contributed by atoms with E-state index in [2.05, 4.69) is 18.7 Å². The van der Waals surface area contributed by atoms with Crippen molar-refractivity contribution >= 4 is 0 Å². The van der Waals surface area contributed by atoms with Gasteiger partial charge < -0.3 is 19.0 Å². The molecule has 0 spiro atoms. The van der Waals surface area contributed by atoms with Crippen molar-refractivity contribution in [2.24, 2.45) is 5.92 Å². The molecule has 0 aliphatic carbocycles. The standard InChI is InChI=1S/C20H29NO4/c1-15(2)11-21(13-20-6-5-16(3)25-20)12-17(22)14-24-19-9-7-18(23-4)8-10-19/h5-10,15,17,22H,11-14H2,1-4H3/t17-/m0/s1. The van der Waals surface area contributed by atoms with Crippen LogP contribution in [0.1, 0.15) is 25.4 Å². The first-order chi connectivity index (χ1) is 12.0. The minimum Gasteiger partial charge on any atom is -0.497 e. The van der Waals surface area contributed by atoms with Crippen LogP contribution in [0.2, 0.25) is 0 Å². The van der Waals surface area contributed by atoms with Gasteiger partial charge >= 0.3 is 0 Å². The Bertz CT molecular complexity index is 621. The number of hydrogen-bond acceptors (Lipinski definition) is 5. The maximum absolute atomic E-state index is 10.4. The van der Waals surface area contributed by atoms with Crippen molar-refractivity contribution in [3.63, 3.8) is 0 Å². The van der Waals surface area contributed by atoms with Gasteiger partial charge in [-0.1, -0.05) is 13.8 Å². The number of rotatable bonds is 10. The predicted molar refractivity (Wildman–Crippen MR) is 98.1 cm³/mol. The maximum Gasteiger partial charge on any atom is 0.119 e. The third-order valence-electron chi connectivity index (χ3n) is 3.77. The Hall–Kier alpha value is -1.98. The first-order valence-electron chi connectivity index (χ1n) is 8.69. The molecule has 1 N–H and O–H groups in total. The van der Waals surface area contributed by atoms with Crippen molar-refractivity contribution in [2.45, 2.75) is 33.4 Å². The molecule has 0 radical (unpaired) electrons. The van der Waals surface area contributed by atoms with E-state index in [9.17, 15) is 5.11 Å². The molecule has 25 heavy (non-hydrogen) atoms. The fourth-order valence-electron chi connectivity index (χ4n) is 2.73. The summed E-state index contributed by atoms with van der Waals surface area (Å²) in [5.41, 5.74) is 0. The van der Waals surface area contributed by atoms with E-state index in [0.29, 0.717) is 19.0 Å². The minimum atomic E-state index is -0.572. The summed E-state index contributed by atoms with van der Waals surface area (Å²) in [6.07, 6.45) is -0.572. The second kappa shape index (κ2) is 9.49. The molecule has 138 valence electrons. The van der Waals surface area contributed by atoms with Gasteiger partial charge in [0.25, 0.3) is 0 Å². The molecular weight excluding hydrogens is 318 g/mol. The first-order valence-corrected chi connectivity index (χ1v) is 8.69. The van der Waals surface area contributed by atoms with Crippen LogP contribution in [-0.4, -0.2) is 42.9 Å². The third-order valence-corrected chi connectivity index (χ3v) is 3.77. The largest absolute Gasteiger partial charge is 0.497 e. The first kappa shape index (κ1) is 19.3. The van der Waals surface area contributed by atoms with Crippen molar-refractivity contribution in [3.8, 4) is 11.5 Å². The second-order valence-electron chi connectivity index (χ2n) is 6.74. The van der Waals surface area contributed by atoms with Crippen molar-refractivity contribution in [3.05, 3.63) is 47.9 Å². The molecular formula is C20H29NO4. The highest BCUT2D eigenvalue weighted by Gasteiger charge is 2.16. The predicted octanol–water partition coefficient (Wildman–Crippen LogP) is 3.49. The molecule has 1 aromatic heterocycles. The number of aliphatic hydroxyl groups excluding tert-OH is 1. The van der Waals surface area contributed by atoms with Gasteiger partial charge in [0.2, 0.25) is 0 Å². The van der Waals surface area contributed by atoms with Crippen LogP contribution >= 0.6 is 0 Å². The van der Waals surface area contributed by atoms with Gasteiger partial charge in [0.15, 0.2) is 0 Å². The van der Waals surface area contributed by atoms with Gasteiger partial charge in [0, 0.05) is 13.1 Å². The molecule has 2 rings (SSSR count). The van der Waals surface area contributed by atoms with Gasteiger partial charge in [0.05, 0.1) is 13.7 Å². The molecule has 5 nitrogen and oxygen atoms in total. The van der Waals surface area contributed by atoms with E-state index in [-0.39, 0.29) is 6.61 Å². The van der Waals surface area contributed by atoms with Gasteiger partial charge in [-0.25, -0.2) is 0 Å². The summed E-state index contributed by atoms with van der Waals surface area (Å²) < 4.78 is 16.5. The van der Waals surface area contributed by atoms with E-state index in [0.717, 1.165) is 29.6 Å². The maximum atomic E-state index is 10.4. The number of furan rings is 1. The Kier molecular flexibility index (Phi) is 7.34. The zero-order valence-corrected chi connectivity index (χ0v) is 15.6. The van der Waals surface area contributed by atoms with Crippen molar-refractivity contribution in [1.29, 1.82) is 0 Å². The Labute approximate surface area is 150 Å². The Morgan fingerprint density at radius 3 is 2.28 bits per heavy atom. The molecule has 5 heteroatoms. The highest BCUT2D eigenvalue weighted by Crippen LogP contribution is 2.17. The van der Waals surface area contributed by atoms with Crippen LogP contribution in [0, 0.1) is 12.8 Å². The average Bonchev–Trinajstić information content (AvgIpc) is 2.97. The summed E-state index contributed by atoms with van der Waals surface area (Å²) >= 11 is 0. The van der Waals surface area contributed by atoms with Gasteiger partial charge in [-0.3, -0.25) is 4.90 Å². The van der Waals surface area contributed by atoms with E-state index in [1.807, 2.05) is 43.3 Å². The van der Waals surface area contributed by atoms with Crippen LogP contribution in [0.25, 0.3) is 0 Å². The minimum absolute atomic E-state index is 0.248. The smallest absolute Gasteiger partial charge is 0.119 e. The quantitative estimate of drug-likeness (QED) is 0.713. The number of aryl methyl sites for hydroxylation is 1. The van der Waals surface area contributed by atoms with E-state index >= 15 is 0 Å². The van der Waals surface area contributed by atoms with E-state index < -0.39 is 6.10 Å². The molecule has 0 saturated carbocycles. The van der Waals surface area contributed by atoms with Crippen molar-refractivity contribution in [1.82, 2.24) is 4.90 Å². The Morgan fingerprint density at radius 2 is 1.72 bits per heavy atom. The highest BCUT2D eigenvalue weighted by molar-refractivity contribution is 5.31. The second-order valence-corrected chi connectivity index (χ2v) is 6.74. The van der Waals surface area contributed by atoms with E-state index in [1.165, 1.54) is 0 Å². The average molecular weight is 347 g/mol. The number of nitrogens with zero attached hydrogens (tertiary/aromatic N) is 1. The van der Waals surface area contributed by atoms with Crippen molar-refractivity contribution in [2.75, 3.05) is 26.8 Å². The number of hydrogen-bond donors (Lipinski definition) is 1. The summed E-state index contributed by atoms with van der Waals surface area (Å²) in [7, 11) is 1.63.